The molecule has 1 aromatic carbocycles. The number of nitrogens with zero attached hydrogens (tertiary/aromatic N) is 3. The lowest BCUT2D eigenvalue weighted by Crippen LogP contribution is -2.32. The molecule has 3 aromatic rings. The molecule has 4 rings (SSSR count). The summed E-state index contributed by atoms with van der Waals surface area (Å²) in [5.74, 6) is 0.540. The molecular formula is C22H21F3N4O2. The summed E-state index contributed by atoms with van der Waals surface area (Å²) in [6.45, 7) is 4.27. The SMILES string of the molecule is CC(C)c1c(C(=O)NC2CCOc3ccccc32)cnn1-c1ccc(C(F)(F)F)cn1. The van der Waals surface area contributed by atoms with Crippen LogP contribution < -0.4 is 10.1 Å². The van der Waals surface area contributed by atoms with Crippen LogP contribution in [0, 0.1) is 0 Å². The van der Waals surface area contributed by atoms with Gasteiger partial charge in [0.05, 0.1) is 35.7 Å². The Morgan fingerprint density at radius 3 is 2.65 bits per heavy atom. The van der Waals surface area contributed by atoms with Crippen molar-refractivity contribution in [2.75, 3.05) is 6.61 Å². The second kappa shape index (κ2) is 8.05. The van der Waals surface area contributed by atoms with Crippen molar-refractivity contribution in [2.45, 2.75) is 38.4 Å². The largest absolute Gasteiger partial charge is 0.493 e. The van der Waals surface area contributed by atoms with Crippen molar-refractivity contribution in [2.24, 2.45) is 0 Å². The van der Waals surface area contributed by atoms with Gasteiger partial charge in [0.25, 0.3) is 5.91 Å². The minimum Gasteiger partial charge on any atom is -0.493 e. The number of carbonyl (C=O) groups excluding carboxylic acids is 1. The third-order valence-electron chi connectivity index (χ3n) is 5.15. The van der Waals surface area contributed by atoms with Crippen molar-refractivity contribution in [3.05, 3.63) is 71.2 Å². The first-order valence-electron chi connectivity index (χ1n) is 9.90. The van der Waals surface area contributed by atoms with Gasteiger partial charge in [0.2, 0.25) is 0 Å². The van der Waals surface area contributed by atoms with Gasteiger partial charge in [-0.1, -0.05) is 32.0 Å². The van der Waals surface area contributed by atoms with E-state index in [0.717, 1.165) is 23.6 Å². The van der Waals surface area contributed by atoms with E-state index >= 15 is 0 Å². The highest BCUT2D eigenvalue weighted by Gasteiger charge is 2.31. The van der Waals surface area contributed by atoms with E-state index in [2.05, 4.69) is 15.4 Å². The highest BCUT2D eigenvalue weighted by Crippen LogP contribution is 2.33. The molecule has 0 saturated heterocycles. The number of pyridine rings is 1. The Morgan fingerprint density at radius 1 is 1.19 bits per heavy atom. The third-order valence-corrected chi connectivity index (χ3v) is 5.15. The number of carbonyl (C=O) groups is 1. The molecule has 0 spiro atoms. The first-order chi connectivity index (χ1) is 14.8. The Morgan fingerprint density at radius 2 is 1.97 bits per heavy atom. The fraction of sp³-hybridized carbons (Fsp3) is 0.318. The van der Waals surface area contributed by atoms with E-state index in [4.69, 9.17) is 4.74 Å². The molecule has 0 aliphatic carbocycles. The van der Waals surface area contributed by atoms with Crippen LogP contribution in [-0.2, 0) is 6.18 Å². The van der Waals surface area contributed by atoms with Crippen molar-refractivity contribution in [1.82, 2.24) is 20.1 Å². The molecule has 2 aromatic heterocycles. The molecule has 1 atom stereocenters. The molecule has 1 aliphatic rings. The number of amides is 1. The van der Waals surface area contributed by atoms with Gasteiger partial charge in [-0.3, -0.25) is 4.79 Å². The molecule has 0 radical (unpaired) electrons. The number of rotatable bonds is 4. The summed E-state index contributed by atoms with van der Waals surface area (Å²) in [5, 5.41) is 7.28. The minimum atomic E-state index is -4.47. The average Bonchev–Trinajstić information content (AvgIpc) is 3.19. The van der Waals surface area contributed by atoms with Crippen LogP contribution in [0.3, 0.4) is 0 Å². The summed E-state index contributed by atoms with van der Waals surface area (Å²) < 4.78 is 45.6. The maximum absolute atomic E-state index is 13.1. The molecule has 162 valence electrons. The molecule has 0 fully saturated rings. The van der Waals surface area contributed by atoms with E-state index in [0.29, 0.717) is 24.3 Å². The van der Waals surface area contributed by atoms with E-state index in [-0.39, 0.29) is 23.7 Å². The van der Waals surface area contributed by atoms with Crippen molar-refractivity contribution < 1.29 is 22.7 Å². The van der Waals surface area contributed by atoms with Gasteiger partial charge in [0, 0.05) is 18.2 Å². The van der Waals surface area contributed by atoms with Crippen molar-refractivity contribution in [3.8, 4) is 11.6 Å². The van der Waals surface area contributed by atoms with E-state index in [1.165, 1.54) is 16.9 Å². The predicted octanol–water partition coefficient (Wildman–Crippen LogP) is 4.66. The van der Waals surface area contributed by atoms with Crippen LogP contribution in [0.2, 0.25) is 0 Å². The minimum absolute atomic E-state index is 0.116. The molecule has 1 aliphatic heterocycles. The molecule has 3 heterocycles. The van der Waals surface area contributed by atoms with E-state index < -0.39 is 11.7 Å². The number of halogens is 3. The second-order valence-electron chi connectivity index (χ2n) is 7.61. The van der Waals surface area contributed by atoms with Gasteiger partial charge in [-0.2, -0.15) is 18.3 Å². The quantitative estimate of drug-likeness (QED) is 0.654. The zero-order valence-electron chi connectivity index (χ0n) is 17.0. The normalized spacial score (nSPS) is 16.0. The molecule has 1 amide bonds. The lowest BCUT2D eigenvalue weighted by molar-refractivity contribution is -0.137. The molecule has 6 nitrogen and oxygen atoms in total. The predicted molar refractivity (Wildman–Crippen MR) is 107 cm³/mol. The molecule has 0 saturated carbocycles. The third kappa shape index (κ3) is 4.12. The Hall–Kier alpha value is -3.36. The Bertz CT molecular complexity index is 1090. The number of ether oxygens (including phenoxy) is 1. The second-order valence-corrected chi connectivity index (χ2v) is 7.61. The first kappa shape index (κ1) is 20.9. The number of aromatic nitrogens is 3. The number of fused-ring (bicyclic) bond motifs is 1. The van der Waals surface area contributed by atoms with Crippen LogP contribution in [-0.4, -0.2) is 27.3 Å². The van der Waals surface area contributed by atoms with Crippen molar-refractivity contribution in [1.29, 1.82) is 0 Å². The fourth-order valence-corrected chi connectivity index (χ4v) is 3.68. The van der Waals surface area contributed by atoms with Crippen LogP contribution in [0.1, 0.15) is 59.4 Å². The fourth-order valence-electron chi connectivity index (χ4n) is 3.68. The molecule has 0 bridgehead atoms. The standard InChI is InChI=1S/C22H21F3N4O2/c1-13(2)20-16(12-27-29(20)19-8-7-14(11-26-19)22(23,24)25)21(30)28-17-9-10-31-18-6-4-3-5-15(17)18/h3-8,11-13,17H,9-10H2,1-2H3,(H,28,30). The number of benzene rings is 1. The summed E-state index contributed by atoms with van der Waals surface area (Å²) >= 11 is 0. The summed E-state index contributed by atoms with van der Waals surface area (Å²) in [7, 11) is 0. The van der Waals surface area contributed by atoms with Crippen LogP contribution >= 0.6 is 0 Å². The first-order valence-corrected chi connectivity index (χ1v) is 9.90. The van der Waals surface area contributed by atoms with Gasteiger partial charge in [-0.05, 0) is 24.1 Å². The van der Waals surface area contributed by atoms with E-state index in [9.17, 15) is 18.0 Å². The zero-order chi connectivity index (χ0) is 22.2. The van der Waals surface area contributed by atoms with Crippen LogP contribution in [0.15, 0.2) is 48.8 Å². The molecule has 9 heteroatoms. The van der Waals surface area contributed by atoms with Crippen LogP contribution in [0.5, 0.6) is 5.75 Å². The maximum Gasteiger partial charge on any atom is 0.417 e. The monoisotopic (exact) mass is 430 g/mol. The number of alkyl halides is 3. The lowest BCUT2D eigenvalue weighted by Gasteiger charge is -2.26. The van der Waals surface area contributed by atoms with Gasteiger partial charge in [0.15, 0.2) is 5.82 Å². The number of nitrogens with one attached hydrogen (secondary N) is 1. The van der Waals surface area contributed by atoms with Crippen LogP contribution in [0.4, 0.5) is 13.2 Å². The Kier molecular flexibility index (Phi) is 5.43. The smallest absolute Gasteiger partial charge is 0.417 e. The topological polar surface area (TPSA) is 69.0 Å². The number of hydrogen-bond donors (Lipinski definition) is 1. The van der Waals surface area contributed by atoms with Crippen LogP contribution in [0.25, 0.3) is 5.82 Å². The van der Waals surface area contributed by atoms with E-state index in [1.807, 2.05) is 38.1 Å². The molecule has 31 heavy (non-hydrogen) atoms. The summed E-state index contributed by atoms with van der Waals surface area (Å²) in [4.78, 5) is 17.0. The van der Waals surface area contributed by atoms with E-state index in [1.54, 1.807) is 0 Å². The molecule has 1 N–H and O–H groups in total. The molecular weight excluding hydrogens is 409 g/mol. The Balaban J connectivity index is 1.63. The van der Waals surface area contributed by atoms with Gasteiger partial charge in [-0.15, -0.1) is 0 Å². The highest BCUT2D eigenvalue weighted by atomic mass is 19.4. The van der Waals surface area contributed by atoms with Gasteiger partial charge in [0.1, 0.15) is 5.75 Å². The summed E-state index contributed by atoms with van der Waals surface area (Å²) in [6, 6.07) is 9.54. The maximum atomic E-state index is 13.1. The lowest BCUT2D eigenvalue weighted by atomic mass is 9.99. The average molecular weight is 430 g/mol. The van der Waals surface area contributed by atoms with Gasteiger partial charge >= 0.3 is 6.18 Å². The van der Waals surface area contributed by atoms with Crippen molar-refractivity contribution in [3.63, 3.8) is 0 Å². The van der Waals surface area contributed by atoms with Crippen molar-refractivity contribution >= 4 is 5.91 Å². The zero-order valence-corrected chi connectivity index (χ0v) is 17.0. The summed E-state index contributed by atoms with van der Waals surface area (Å²) in [5.41, 5.74) is 1.00. The summed E-state index contributed by atoms with van der Waals surface area (Å²) in [6.07, 6.45) is -1.65. The number of hydrogen-bond acceptors (Lipinski definition) is 4. The highest BCUT2D eigenvalue weighted by molar-refractivity contribution is 5.95. The van der Waals surface area contributed by atoms with Gasteiger partial charge in [-0.25, -0.2) is 9.67 Å². The number of para-hydroxylation sites is 1. The van der Waals surface area contributed by atoms with Gasteiger partial charge < -0.3 is 10.1 Å². The molecule has 1 unspecified atom stereocenters. The Labute approximate surface area is 177 Å².